The number of carbonyl (C=O) groups is 2. The summed E-state index contributed by atoms with van der Waals surface area (Å²) in [4.78, 5) is 34.6. The number of nitrogens with one attached hydrogen (secondary N) is 2. The second-order valence-corrected chi connectivity index (χ2v) is 5.76. The predicted molar refractivity (Wildman–Crippen MR) is 101 cm³/mol. The Kier molecular flexibility index (Phi) is 5.93. The van der Waals surface area contributed by atoms with Crippen LogP contribution in [-0.4, -0.2) is 30.1 Å². The fraction of sp³-hybridized carbons (Fsp3) is 0.158. The van der Waals surface area contributed by atoms with E-state index in [1.807, 2.05) is 6.92 Å². The third-order valence-electron chi connectivity index (χ3n) is 3.86. The lowest BCUT2D eigenvalue weighted by Gasteiger charge is -2.07. The largest absolute Gasteiger partial charge is 0.494 e. The van der Waals surface area contributed by atoms with Gasteiger partial charge in [0.2, 0.25) is 6.79 Å². The molecule has 0 fully saturated rings. The van der Waals surface area contributed by atoms with Gasteiger partial charge in [0.15, 0.2) is 11.5 Å². The minimum absolute atomic E-state index is 0.0300. The monoisotopic (exact) mass is 399 g/mol. The summed E-state index contributed by atoms with van der Waals surface area (Å²) in [6.07, 6.45) is 2.31. The summed E-state index contributed by atoms with van der Waals surface area (Å²) >= 11 is 0. The van der Waals surface area contributed by atoms with Crippen LogP contribution in [0.25, 0.3) is 6.08 Å². The van der Waals surface area contributed by atoms with Gasteiger partial charge in [0.05, 0.1) is 23.2 Å². The lowest BCUT2D eigenvalue weighted by molar-refractivity contribution is -0.385. The molecule has 2 aromatic rings. The van der Waals surface area contributed by atoms with Crippen LogP contribution in [0, 0.1) is 10.1 Å². The second-order valence-electron chi connectivity index (χ2n) is 5.76. The Morgan fingerprint density at radius 2 is 1.86 bits per heavy atom. The van der Waals surface area contributed by atoms with Crippen molar-refractivity contribution in [3.63, 3.8) is 0 Å². The van der Waals surface area contributed by atoms with Gasteiger partial charge < -0.3 is 14.2 Å². The summed E-state index contributed by atoms with van der Waals surface area (Å²) in [7, 11) is 0. The second kappa shape index (κ2) is 8.74. The lowest BCUT2D eigenvalue weighted by Crippen LogP contribution is -2.40. The van der Waals surface area contributed by atoms with Crippen LogP contribution in [-0.2, 0) is 4.79 Å². The molecule has 29 heavy (non-hydrogen) atoms. The van der Waals surface area contributed by atoms with Crippen molar-refractivity contribution in [3.05, 3.63) is 63.7 Å². The van der Waals surface area contributed by atoms with Gasteiger partial charge in [-0.15, -0.1) is 0 Å². The van der Waals surface area contributed by atoms with Crippen LogP contribution in [0.2, 0.25) is 0 Å². The first-order valence-electron chi connectivity index (χ1n) is 8.57. The topological polar surface area (TPSA) is 129 Å². The zero-order chi connectivity index (χ0) is 20.8. The summed E-state index contributed by atoms with van der Waals surface area (Å²) in [5.74, 6) is 0.0434. The van der Waals surface area contributed by atoms with Crippen molar-refractivity contribution in [3.8, 4) is 17.2 Å². The van der Waals surface area contributed by atoms with E-state index >= 15 is 0 Å². The minimum Gasteiger partial charge on any atom is -0.494 e. The molecular weight excluding hydrogens is 382 g/mol. The summed E-state index contributed by atoms with van der Waals surface area (Å²) in [6, 6.07) is 9.02. The molecule has 3 rings (SSSR count). The van der Waals surface area contributed by atoms with Crippen molar-refractivity contribution < 1.29 is 28.7 Å². The Hall–Kier alpha value is -4.08. The van der Waals surface area contributed by atoms with E-state index in [1.54, 1.807) is 24.3 Å². The molecule has 1 aliphatic heterocycles. The molecule has 0 radical (unpaired) electrons. The standard InChI is InChI=1S/C19H17N3O7/c1-2-27-14-6-3-12(4-7-14)19(24)21-20-18(23)8-5-13-9-16-17(29-11-28-16)10-15(13)22(25)26/h3-10H,2,11H2,1H3,(H,20,23)(H,21,24)/b8-5+. The molecule has 1 aliphatic rings. The van der Waals surface area contributed by atoms with E-state index in [0.29, 0.717) is 23.7 Å². The van der Waals surface area contributed by atoms with Gasteiger partial charge in [-0.2, -0.15) is 0 Å². The van der Waals surface area contributed by atoms with Gasteiger partial charge in [-0.05, 0) is 43.3 Å². The molecule has 10 heteroatoms. The number of ether oxygens (including phenoxy) is 3. The summed E-state index contributed by atoms with van der Waals surface area (Å²) in [5, 5.41) is 11.2. The first kappa shape index (κ1) is 19.7. The van der Waals surface area contributed by atoms with Gasteiger partial charge in [0, 0.05) is 11.6 Å². The van der Waals surface area contributed by atoms with Crippen molar-refractivity contribution in [2.75, 3.05) is 13.4 Å². The smallest absolute Gasteiger partial charge is 0.280 e. The number of fused-ring (bicyclic) bond motifs is 1. The molecule has 10 nitrogen and oxygen atoms in total. The molecule has 0 aromatic heterocycles. The maximum Gasteiger partial charge on any atom is 0.280 e. The fourth-order valence-corrected chi connectivity index (χ4v) is 2.51. The van der Waals surface area contributed by atoms with E-state index in [2.05, 4.69) is 10.9 Å². The van der Waals surface area contributed by atoms with Gasteiger partial charge in [-0.25, -0.2) is 0 Å². The Balaban J connectivity index is 1.61. The molecule has 2 amide bonds. The van der Waals surface area contributed by atoms with Crippen molar-refractivity contribution in [2.45, 2.75) is 6.92 Å². The minimum atomic E-state index is -0.670. The number of hydrogen-bond donors (Lipinski definition) is 2. The van der Waals surface area contributed by atoms with E-state index in [-0.39, 0.29) is 23.8 Å². The van der Waals surface area contributed by atoms with Crippen molar-refractivity contribution in [1.82, 2.24) is 10.9 Å². The SMILES string of the molecule is CCOc1ccc(C(=O)NNC(=O)/C=C/c2cc3c(cc2[N+](=O)[O-])OCO3)cc1. The normalized spacial score (nSPS) is 11.9. The number of amides is 2. The number of nitro benzene ring substituents is 1. The Morgan fingerprint density at radius 1 is 1.17 bits per heavy atom. The molecule has 0 saturated carbocycles. The Morgan fingerprint density at radius 3 is 2.52 bits per heavy atom. The Labute approximate surface area is 165 Å². The third-order valence-corrected chi connectivity index (χ3v) is 3.86. The van der Waals surface area contributed by atoms with Gasteiger partial charge in [0.1, 0.15) is 5.75 Å². The molecule has 0 unspecified atom stereocenters. The highest BCUT2D eigenvalue weighted by Crippen LogP contribution is 2.38. The molecule has 150 valence electrons. The van der Waals surface area contributed by atoms with Crippen LogP contribution in [0.3, 0.4) is 0 Å². The molecule has 0 atom stereocenters. The van der Waals surface area contributed by atoms with Gasteiger partial charge >= 0.3 is 0 Å². The van der Waals surface area contributed by atoms with E-state index in [0.717, 1.165) is 6.08 Å². The molecule has 0 saturated heterocycles. The van der Waals surface area contributed by atoms with Gasteiger partial charge in [-0.1, -0.05) is 0 Å². The highest BCUT2D eigenvalue weighted by atomic mass is 16.7. The number of benzene rings is 2. The lowest BCUT2D eigenvalue weighted by atomic mass is 10.1. The third kappa shape index (κ3) is 4.80. The number of hydrazine groups is 1. The predicted octanol–water partition coefficient (Wildman–Crippen LogP) is 2.20. The van der Waals surface area contributed by atoms with Crippen LogP contribution in [0.4, 0.5) is 5.69 Å². The van der Waals surface area contributed by atoms with Crippen LogP contribution in [0.15, 0.2) is 42.5 Å². The molecule has 2 aromatic carbocycles. The maximum absolute atomic E-state index is 12.1. The molecule has 0 bridgehead atoms. The summed E-state index contributed by atoms with van der Waals surface area (Å²) in [5.41, 5.74) is 4.71. The number of carbonyl (C=O) groups excluding carboxylic acids is 2. The van der Waals surface area contributed by atoms with E-state index in [4.69, 9.17) is 14.2 Å². The zero-order valence-corrected chi connectivity index (χ0v) is 15.3. The number of hydrogen-bond acceptors (Lipinski definition) is 7. The average Bonchev–Trinajstić information content (AvgIpc) is 3.18. The number of nitrogens with zero attached hydrogens (tertiary/aromatic N) is 1. The van der Waals surface area contributed by atoms with Crippen LogP contribution in [0.1, 0.15) is 22.8 Å². The van der Waals surface area contributed by atoms with E-state index in [1.165, 1.54) is 18.2 Å². The molecule has 0 spiro atoms. The van der Waals surface area contributed by atoms with Crippen molar-refractivity contribution in [1.29, 1.82) is 0 Å². The summed E-state index contributed by atoms with van der Waals surface area (Å²) < 4.78 is 15.6. The molecule has 2 N–H and O–H groups in total. The van der Waals surface area contributed by atoms with Crippen LogP contribution >= 0.6 is 0 Å². The van der Waals surface area contributed by atoms with Gasteiger partial charge in [0.25, 0.3) is 17.5 Å². The van der Waals surface area contributed by atoms with Gasteiger partial charge in [-0.3, -0.25) is 30.6 Å². The fourth-order valence-electron chi connectivity index (χ4n) is 2.51. The quantitative estimate of drug-likeness (QED) is 0.433. The maximum atomic E-state index is 12.1. The van der Waals surface area contributed by atoms with Crippen LogP contribution in [0.5, 0.6) is 17.2 Å². The molecule has 0 aliphatic carbocycles. The number of nitro groups is 1. The van der Waals surface area contributed by atoms with E-state index < -0.39 is 16.7 Å². The molecular formula is C19H17N3O7. The Bertz CT molecular complexity index is 971. The number of rotatable bonds is 6. The van der Waals surface area contributed by atoms with E-state index in [9.17, 15) is 19.7 Å². The summed E-state index contributed by atoms with van der Waals surface area (Å²) in [6.45, 7) is 2.33. The first-order valence-corrected chi connectivity index (χ1v) is 8.57. The highest BCUT2D eigenvalue weighted by molar-refractivity contribution is 5.98. The molecule has 1 heterocycles. The average molecular weight is 399 g/mol. The highest BCUT2D eigenvalue weighted by Gasteiger charge is 2.22. The first-order chi connectivity index (χ1) is 14.0. The zero-order valence-electron chi connectivity index (χ0n) is 15.3. The van der Waals surface area contributed by atoms with Crippen LogP contribution < -0.4 is 25.1 Å². The van der Waals surface area contributed by atoms with Crippen molar-refractivity contribution >= 4 is 23.6 Å². The van der Waals surface area contributed by atoms with Crippen molar-refractivity contribution in [2.24, 2.45) is 0 Å².